The second kappa shape index (κ2) is 11.1. The molecule has 1 saturated heterocycles. The highest BCUT2D eigenvalue weighted by atomic mass is 35.5. The lowest BCUT2D eigenvalue weighted by atomic mass is 9.91. The fourth-order valence-electron chi connectivity index (χ4n) is 3.90. The first-order valence-corrected chi connectivity index (χ1v) is 11.8. The summed E-state index contributed by atoms with van der Waals surface area (Å²) in [5, 5.41) is 0.621. The maximum Gasteiger partial charge on any atom is 0.416 e. The third-order valence-electron chi connectivity index (χ3n) is 5.80. The molecule has 0 N–H and O–H groups in total. The van der Waals surface area contributed by atoms with E-state index in [4.69, 9.17) is 16.3 Å². The number of ether oxygens (including phenoxy) is 1. The predicted octanol–water partition coefficient (Wildman–Crippen LogP) is 6.20. The molecule has 0 radical (unpaired) electrons. The molecule has 1 aliphatic rings. The van der Waals surface area contributed by atoms with Crippen molar-refractivity contribution >= 4 is 17.5 Å². The van der Waals surface area contributed by atoms with Gasteiger partial charge in [-0.3, -0.25) is 9.69 Å². The Kier molecular flexibility index (Phi) is 8.66. The molecule has 1 aliphatic heterocycles. The molecule has 0 unspecified atom stereocenters. The number of hydrogen-bond acceptors (Lipinski definition) is 3. The lowest BCUT2D eigenvalue weighted by molar-refractivity contribution is -0.137. The second-order valence-corrected chi connectivity index (χ2v) is 10.4. The smallest absolute Gasteiger partial charge is 0.368 e. The van der Waals surface area contributed by atoms with Crippen LogP contribution in [0.3, 0.4) is 0 Å². The highest BCUT2D eigenvalue weighted by molar-refractivity contribution is 6.30. The molecule has 1 heterocycles. The van der Waals surface area contributed by atoms with Crippen LogP contribution in [0.15, 0.2) is 48.5 Å². The van der Waals surface area contributed by atoms with Crippen LogP contribution < -0.4 is 0 Å². The van der Waals surface area contributed by atoms with Gasteiger partial charge in [-0.25, -0.2) is 0 Å². The second-order valence-electron chi connectivity index (χ2n) is 9.96. The molecule has 1 amide bonds. The minimum Gasteiger partial charge on any atom is -0.368 e. The number of halogens is 4. The molecule has 186 valence electrons. The fourth-order valence-corrected chi connectivity index (χ4v) is 4.02. The molecule has 1 atom stereocenters. The maximum absolute atomic E-state index is 12.8. The van der Waals surface area contributed by atoms with Crippen LogP contribution >= 0.6 is 11.6 Å². The van der Waals surface area contributed by atoms with Crippen LogP contribution in [0.4, 0.5) is 13.2 Å². The van der Waals surface area contributed by atoms with E-state index in [1.165, 1.54) is 12.1 Å². The van der Waals surface area contributed by atoms with Crippen LogP contribution in [0.25, 0.3) is 0 Å². The zero-order valence-corrected chi connectivity index (χ0v) is 20.6. The minimum absolute atomic E-state index is 0.0416. The van der Waals surface area contributed by atoms with Crippen molar-refractivity contribution in [2.75, 3.05) is 32.7 Å². The van der Waals surface area contributed by atoms with Gasteiger partial charge in [-0.05, 0) is 40.8 Å². The van der Waals surface area contributed by atoms with Gasteiger partial charge in [0, 0.05) is 44.2 Å². The number of amides is 1. The van der Waals surface area contributed by atoms with Gasteiger partial charge in [-0.2, -0.15) is 13.2 Å². The SMILES string of the molecule is CC(C)(C)CC(=O)N1CCN(C[C@H](OCc2ccc(C(F)(F)F)cc2)c2ccc(Cl)cc2)CC1. The third-order valence-corrected chi connectivity index (χ3v) is 6.06. The van der Waals surface area contributed by atoms with Crippen molar-refractivity contribution in [2.45, 2.75) is 46.1 Å². The van der Waals surface area contributed by atoms with Crippen molar-refractivity contribution in [2.24, 2.45) is 5.41 Å². The van der Waals surface area contributed by atoms with Crippen LogP contribution in [-0.2, 0) is 22.3 Å². The topological polar surface area (TPSA) is 32.8 Å². The molecule has 0 spiro atoms. The number of hydrogen-bond donors (Lipinski definition) is 0. The first-order chi connectivity index (χ1) is 15.9. The fraction of sp³-hybridized carbons (Fsp3) is 0.500. The molecule has 34 heavy (non-hydrogen) atoms. The van der Waals surface area contributed by atoms with Crippen LogP contribution in [0.1, 0.15) is 50.0 Å². The number of carbonyl (C=O) groups excluding carboxylic acids is 1. The van der Waals surface area contributed by atoms with Gasteiger partial charge in [0.05, 0.1) is 18.3 Å². The molecular formula is C26H32ClF3N2O2. The number of piperazine rings is 1. The van der Waals surface area contributed by atoms with Crippen LogP contribution in [0.2, 0.25) is 5.02 Å². The van der Waals surface area contributed by atoms with Crippen molar-refractivity contribution in [3.8, 4) is 0 Å². The van der Waals surface area contributed by atoms with E-state index in [1.807, 2.05) is 17.0 Å². The van der Waals surface area contributed by atoms with E-state index in [9.17, 15) is 18.0 Å². The molecule has 0 bridgehead atoms. The zero-order chi connectivity index (χ0) is 24.9. The number of nitrogens with zero attached hydrogens (tertiary/aromatic N) is 2. The predicted molar refractivity (Wildman–Crippen MR) is 128 cm³/mol. The van der Waals surface area contributed by atoms with Crippen molar-refractivity contribution in [3.63, 3.8) is 0 Å². The number of benzene rings is 2. The summed E-state index contributed by atoms with van der Waals surface area (Å²) in [4.78, 5) is 16.7. The lowest BCUT2D eigenvalue weighted by Crippen LogP contribution is -2.50. The zero-order valence-electron chi connectivity index (χ0n) is 19.9. The molecule has 8 heteroatoms. The van der Waals surface area contributed by atoms with Crippen LogP contribution in [0.5, 0.6) is 0 Å². The highest BCUT2D eigenvalue weighted by Crippen LogP contribution is 2.30. The van der Waals surface area contributed by atoms with Gasteiger partial charge in [0.15, 0.2) is 0 Å². The van der Waals surface area contributed by atoms with Crippen molar-refractivity contribution < 1.29 is 22.7 Å². The summed E-state index contributed by atoms with van der Waals surface area (Å²) in [6.45, 7) is 9.80. The van der Waals surface area contributed by atoms with Crippen LogP contribution in [-0.4, -0.2) is 48.4 Å². The Bertz CT molecular complexity index is 933. The number of alkyl halides is 3. The molecule has 0 aromatic heterocycles. The molecule has 0 aliphatic carbocycles. The normalized spacial score (nSPS) is 16.5. The molecule has 2 aromatic carbocycles. The van der Waals surface area contributed by atoms with Gasteiger partial charge in [-0.1, -0.05) is 56.6 Å². The van der Waals surface area contributed by atoms with Crippen molar-refractivity contribution in [3.05, 3.63) is 70.2 Å². The van der Waals surface area contributed by atoms with Gasteiger partial charge < -0.3 is 9.64 Å². The van der Waals surface area contributed by atoms with E-state index in [1.54, 1.807) is 12.1 Å². The molecular weight excluding hydrogens is 465 g/mol. The summed E-state index contributed by atoms with van der Waals surface area (Å²) in [7, 11) is 0. The van der Waals surface area contributed by atoms with E-state index >= 15 is 0 Å². The standard InChI is InChI=1S/C26H32ClF3N2O2/c1-25(2,3)16-24(33)32-14-12-31(13-15-32)17-23(20-6-10-22(27)11-7-20)34-18-19-4-8-21(9-5-19)26(28,29)30/h4-11,23H,12-18H2,1-3H3/t23-/m0/s1. The molecule has 0 saturated carbocycles. The van der Waals surface area contributed by atoms with Gasteiger partial charge in [0.25, 0.3) is 0 Å². The molecule has 1 fully saturated rings. The highest BCUT2D eigenvalue weighted by Gasteiger charge is 2.30. The van der Waals surface area contributed by atoms with E-state index in [0.29, 0.717) is 36.6 Å². The Labute approximate surface area is 204 Å². The number of carbonyl (C=O) groups is 1. The van der Waals surface area contributed by atoms with E-state index in [2.05, 4.69) is 25.7 Å². The quantitative estimate of drug-likeness (QED) is 0.457. The summed E-state index contributed by atoms with van der Waals surface area (Å²) >= 11 is 6.04. The summed E-state index contributed by atoms with van der Waals surface area (Å²) in [5.41, 5.74) is 0.900. The Morgan fingerprint density at radius 2 is 1.56 bits per heavy atom. The Hall–Kier alpha value is -2.09. The first kappa shape index (κ1) is 26.5. The van der Waals surface area contributed by atoms with E-state index < -0.39 is 11.7 Å². The third kappa shape index (κ3) is 8.00. The van der Waals surface area contributed by atoms with E-state index in [0.717, 1.165) is 30.8 Å². The van der Waals surface area contributed by atoms with Crippen molar-refractivity contribution in [1.82, 2.24) is 9.80 Å². The Morgan fingerprint density at radius 1 is 0.971 bits per heavy atom. The average molecular weight is 497 g/mol. The molecule has 4 nitrogen and oxygen atoms in total. The monoisotopic (exact) mass is 496 g/mol. The first-order valence-electron chi connectivity index (χ1n) is 11.4. The van der Waals surface area contributed by atoms with Gasteiger partial charge in [0.2, 0.25) is 5.91 Å². The largest absolute Gasteiger partial charge is 0.416 e. The summed E-state index contributed by atoms with van der Waals surface area (Å²) < 4.78 is 44.7. The Balaban J connectivity index is 1.62. The van der Waals surface area contributed by atoms with Gasteiger partial charge >= 0.3 is 6.18 Å². The average Bonchev–Trinajstić information content (AvgIpc) is 2.76. The van der Waals surface area contributed by atoms with E-state index in [-0.39, 0.29) is 24.0 Å². The molecule has 2 aromatic rings. The maximum atomic E-state index is 12.8. The minimum atomic E-state index is -4.36. The summed E-state index contributed by atoms with van der Waals surface area (Å²) in [5.74, 6) is 0.181. The summed E-state index contributed by atoms with van der Waals surface area (Å²) in [6, 6.07) is 12.4. The van der Waals surface area contributed by atoms with Crippen LogP contribution in [0, 0.1) is 5.41 Å². The summed E-state index contributed by atoms with van der Waals surface area (Å²) in [6.07, 6.45) is -4.12. The Morgan fingerprint density at radius 3 is 2.09 bits per heavy atom. The number of rotatable bonds is 7. The van der Waals surface area contributed by atoms with Crippen molar-refractivity contribution in [1.29, 1.82) is 0 Å². The lowest BCUT2D eigenvalue weighted by Gasteiger charge is -2.37. The van der Waals surface area contributed by atoms with Gasteiger partial charge in [0.1, 0.15) is 0 Å². The molecule has 3 rings (SSSR count). The van der Waals surface area contributed by atoms with Gasteiger partial charge in [-0.15, -0.1) is 0 Å².